The Balaban J connectivity index is 1.23. The van der Waals surface area contributed by atoms with Crippen molar-refractivity contribution < 1.29 is 105 Å². The summed E-state index contributed by atoms with van der Waals surface area (Å²) < 4.78 is 36.2. The number of halogens is 1. The third-order valence-corrected chi connectivity index (χ3v) is 26.2. The van der Waals surface area contributed by atoms with Crippen LogP contribution in [0, 0.1) is 5.41 Å². The lowest BCUT2D eigenvalue weighted by molar-refractivity contribution is -0.140. The SMILES string of the molecule is CC(C)NCCCC[C@H](NC(=O)[C@H]1CCC(=O)N[C@@H](CCCCNC(=O)[C@H](CCCCNC(CCCc2ccc(Cl)cc2)=C2CCC2)NC(=O)[C@H](CS(=O)(=O)O)NC(=O)CN2CCN(CC(=O)O)CCN(CC(=O)O)CCN(CC(=O)O)CC2)C(=O)N[C@@H](Cc2ccc(O)cc2)C(=O)N[C@@H](CCCCNC(C)C)C(=O)N[C@H](CCCNC(=N)N)C(=O)N[C@@H](Cc2ccc3ccccc3c2)C(=O)N[C@H](C)C(=O)N1)C(N)=O. The van der Waals surface area contributed by atoms with Gasteiger partial charge >= 0.3 is 17.9 Å². The van der Waals surface area contributed by atoms with Gasteiger partial charge in [-0.3, -0.25) is 101 Å². The number of aliphatic carboxylic acids is 3. The molecule has 0 spiro atoms. The van der Waals surface area contributed by atoms with Crippen LogP contribution in [0.1, 0.15) is 186 Å². The number of hydrogen-bond acceptors (Lipinski definition) is 26. The summed E-state index contributed by atoms with van der Waals surface area (Å²) in [5, 5.41) is 92.5. The van der Waals surface area contributed by atoms with Gasteiger partial charge in [-0.15, -0.1) is 0 Å². The van der Waals surface area contributed by atoms with E-state index in [-0.39, 0.29) is 154 Å². The van der Waals surface area contributed by atoms with Gasteiger partial charge in [-0.05, 0) is 207 Å². The number of nitrogens with two attached hydrogens (primary N) is 2. The van der Waals surface area contributed by atoms with Crippen LogP contribution in [0.25, 0.3) is 10.8 Å². The van der Waals surface area contributed by atoms with Gasteiger partial charge in [-0.1, -0.05) is 112 Å². The number of nitrogens with one attached hydrogen (secondary N) is 16. The number of allylic oxidation sites excluding steroid dienone is 2. The summed E-state index contributed by atoms with van der Waals surface area (Å²) in [7, 11) is -5.13. The van der Waals surface area contributed by atoms with Crippen LogP contribution in [0.4, 0.5) is 0 Å². The summed E-state index contributed by atoms with van der Waals surface area (Å²) in [6, 6.07) is 10.5. The third-order valence-electron chi connectivity index (χ3n) is 25.1. The topological polar surface area (TPSA) is 661 Å². The van der Waals surface area contributed by atoms with Crippen molar-refractivity contribution in [2.45, 2.75) is 261 Å². The number of unbranched alkanes of at least 4 members (excludes halogenated alkanes) is 4. The first-order valence-corrected chi connectivity index (χ1v) is 52.1. The number of carbonyl (C=O) groups excluding carboxylic acids is 12. The molecule has 46 heteroatoms. The van der Waals surface area contributed by atoms with E-state index in [2.05, 4.69) is 79.8 Å². The van der Waals surface area contributed by atoms with Gasteiger partial charge in [0.2, 0.25) is 70.9 Å². The van der Waals surface area contributed by atoms with Gasteiger partial charge in [0.15, 0.2) is 5.96 Å². The molecule has 44 nitrogen and oxygen atoms in total. The van der Waals surface area contributed by atoms with E-state index in [4.69, 9.17) is 28.5 Å². The highest BCUT2D eigenvalue weighted by molar-refractivity contribution is 7.85. The number of primary amides is 1. The normalized spacial score (nSPS) is 19.7. The van der Waals surface area contributed by atoms with Crippen molar-refractivity contribution in [2.75, 3.05) is 117 Å². The van der Waals surface area contributed by atoms with Crippen LogP contribution >= 0.6 is 11.6 Å². The molecule has 12 amide bonds. The molecule has 2 heterocycles. The number of nitrogens with zero attached hydrogens (tertiary/aromatic N) is 4. The Kier molecular flexibility index (Phi) is 52.2. The first-order valence-electron chi connectivity index (χ1n) is 50.1. The number of guanidine groups is 1. The molecule has 4 aromatic carbocycles. The maximum Gasteiger partial charge on any atom is 0.317 e. The number of aromatic hydroxyl groups is 1. The number of benzene rings is 4. The van der Waals surface area contributed by atoms with Gasteiger partial charge in [0, 0.05) is 114 Å². The van der Waals surface area contributed by atoms with Crippen LogP contribution in [0.15, 0.2) is 102 Å². The number of hydrogen-bond donors (Lipinski definition) is 23. The monoisotopic (exact) mass is 2070 g/mol. The van der Waals surface area contributed by atoms with E-state index in [1.165, 1.54) is 56.4 Å². The van der Waals surface area contributed by atoms with Crippen molar-refractivity contribution in [1.29, 1.82) is 5.41 Å². The molecule has 4 aromatic rings. The van der Waals surface area contributed by atoms with Crippen LogP contribution in [0.5, 0.6) is 5.75 Å². The molecule has 3 aliphatic rings. The van der Waals surface area contributed by atoms with Gasteiger partial charge in [0.05, 0.1) is 26.2 Å². The first-order chi connectivity index (χ1) is 69.0. The Bertz CT molecular complexity index is 5060. The second-order valence-electron chi connectivity index (χ2n) is 37.9. The molecule has 25 N–H and O–H groups in total. The molecule has 0 radical (unpaired) electrons. The fourth-order valence-electron chi connectivity index (χ4n) is 16.9. The van der Waals surface area contributed by atoms with Crippen LogP contribution in [-0.4, -0.2) is 337 Å². The van der Waals surface area contributed by atoms with Crippen LogP contribution in [-0.2, 0) is 101 Å². The molecule has 2 saturated heterocycles. The highest BCUT2D eigenvalue weighted by Crippen LogP contribution is 2.30. The molecule has 802 valence electrons. The van der Waals surface area contributed by atoms with E-state index in [1.54, 1.807) is 6.07 Å². The van der Waals surface area contributed by atoms with E-state index in [9.17, 15) is 81.3 Å². The highest BCUT2D eigenvalue weighted by Gasteiger charge is 2.38. The Labute approximate surface area is 852 Å². The number of carboxylic acid groups (broad SMARTS) is 3. The molecule has 0 aromatic heterocycles. The predicted octanol–water partition coefficient (Wildman–Crippen LogP) is 0.601. The second kappa shape index (κ2) is 63.2. The largest absolute Gasteiger partial charge is 0.508 e. The molecular formula is C99H151ClN22O22S. The Morgan fingerprint density at radius 2 is 0.938 bits per heavy atom. The Morgan fingerprint density at radius 1 is 0.476 bits per heavy atom. The molecule has 10 atom stereocenters. The van der Waals surface area contributed by atoms with Gasteiger partial charge in [0.1, 0.15) is 71.9 Å². The third kappa shape index (κ3) is 47.2. The van der Waals surface area contributed by atoms with Crippen molar-refractivity contribution in [1.82, 2.24) is 99.4 Å². The van der Waals surface area contributed by atoms with Gasteiger partial charge < -0.3 is 112 Å². The lowest BCUT2D eigenvalue weighted by atomic mass is 9.88. The summed E-state index contributed by atoms with van der Waals surface area (Å²) in [6.45, 7) is 8.44. The standard InChI is InChI=1S/C99H151ClN22O22S/c1-63(2)104-42-12-8-24-75(89(101)132)112-95(138)80-40-41-84(124)110-77(92(135)117-81(56-67-33-38-73(123)39-34-67)97(140)116-78(27-9-13-43-105-64(3)4)93(136)115-79(29-18-46-108-99(102)103)94(137)118-82(96(139)109-65(5)90(133)113-80)57-68-30-35-69-20-6-7-21-71(69)55-68)26-11-15-45-107-91(134)76(25-10-14-44-106-74(70-22-17-23-70)28-16-19-66-31-36-72(100)37-32-66)114-98(141)83(62-145(142,143)144)111-85(125)58-119-47-49-120(59-86(126)127)51-53-122(61-88(130)131)54-52-121(50-48-119)60-87(128)129/h6-7,20-21,30-39,55,63-65,75-83,104-106,123H,8-19,22-29,40-54,56-62H2,1-5H3,(H2,101,132)(H,107,134)(H,109,139)(H,110,124)(H,111,125)(H,112,138)(H,113,133)(H,114,141)(H,115,136)(H,116,140)(H,117,135)(H,118,137)(H,126,127)(H,128,129)(H,130,131)(H4,102,103,108)(H,142,143,144)/t65-,75+,76+,77+,78+,79-,80-,81+,82+,83+/m1/s1. The summed E-state index contributed by atoms with van der Waals surface area (Å²) in [5.74, 6) is -17.0. The van der Waals surface area contributed by atoms with Crippen LogP contribution in [0.2, 0.25) is 5.02 Å². The number of phenolic OH excluding ortho intramolecular Hbond substituents is 1. The molecule has 0 unspecified atom stereocenters. The maximum atomic E-state index is 15.5. The average molecular weight is 2070 g/mol. The van der Waals surface area contributed by atoms with E-state index in [1.807, 2.05) is 88.4 Å². The number of rotatable bonds is 52. The van der Waals surface area contributed by atoms with Crippen molar-refractivity contribution in [2.24, 2.45) is 11.5 Å². The van der Waals surface area contributed by atoms with Gasteiger partial charge in [-0.25, -0.2) is 0 Å². The lowest BCUT2D eigenvalue weighted by Crippen LogP contribution is -2.60. The van der Waals surface area contributed by atoms with Crippen molar-refractivity contribution in [3.8, 4) is 5.75 Å². The zero-order valence-corrected chi connectivity index (χ0v) is 85.3. The molecule has 1 aliphatic carbocycles. The number of carboxylic acids is 3. The first kappa shape index (κ1) is 120. The van der Waals surface area contributed by atoms with Crippen molar-refractivity contribution in [3.63, 3.8) is 0 Å². The number of carbonyl (C=O) groups is 15. The van der Waals surface area contributed by atoms with Crippen molar-refractivity contribution >= 4 is 127 Å². The van der Waals surface area contributed by atoms with Gasteiger partial charge in [-0.2, -0.15) is 8.42 Å². The molecule has 0 bridgehead atoms. The highest BCUT2D eigenvalue weighted by atomic mass is 35.5. The number of fused-ring (bicyclic) bond motifs is 1. The predicted molar refractivity (Wildman–Crippen MR) is 545 cm³/mol. The molecule has 2 aliphatic heterocycles. The summed E-state index contributed by atoms with van der Waals surface area (Å²) in [6.07, 6.45) is 5.38. The number of aryl methyl sites for hydroxylation is 1. The molecule has 7 rings (SSSR count). The minimum absolute atomic E-state index is 0.00963. The summed E-state index contributed by atoms with van der Waals surface area (Å²) in [4.78, 5) is 220. The lowest BCUT2D eigenvalue weighted by Gasteiger charge is -2.33. The van der Waals surface area contributed by atoms with E-state index in [0.717, 1.165) is 60.6 Å². The zero-order chi connectivity index (χ0) is 106. The zero-order valence-electron chi connectivity index (χ0n) is 83.7. The van der Waals surface area contributed by atoms with E-state index >= 15 is 24.0 Å². The Hall–Kier alpha value is -12.2. The van der Waals surface area contributed by atoms with Crippen molar-refractivity contribution in [3.05, 3.63) is 124 Å². The smallest absolute Gasteiger partial charge is 0.317 e. The fourth-order valence-corrected chi connectivity index (χ4v) is 17.7. The summed E-state index contributed by atoms with van der Waals surface area (Å²) >= 11 is 6.17. The number of amides is 12. The molecular weight excluding hydrogens is 1920 g/mol. The molecule has 1 saturated carbocycles. The fraction of sp³-hybridized carbons (Fsp3) is 0.596. The van der Waals surface area contributed by atoms with E-state index < -0.39 is 210 Å². The maximum absolute atomic E-state index is 15.5. The van der Waals surface area contributed by atoms with Gasteiger partial charge in [0.25, 0.3) is 10.1 Å². The Morgan fingerprint density at radius 3 is 1.46 bits per heavy atom. The van der Waals surface area contributed by atoms with Crippen LogP contribution in [0.3, 0.4) is 0 Å². The minimum Gasteiger partial charge on any atom is -0.508 e. The van der Waals surface area contributed by atoms with Crippen LogP contribution < -0.4 is 91.2 Å². The average Bonchev–Trinajstić information content (AvgIpc) is 1.38. The molecule has 3 fully saturated rings. The quantitative estimate of drug-likeness (QED) is 0.0125. The summed E-state index contributed by atoms with van der Waals surface area (Å²) in [5.41, 5.74) is 16.0. The molecule has 145 heavy (non-hydrogen) atoms. The number of phenols is 1. The van der Waals surface area contributed by atoms with E-state index in [0.29, 0.717) is 67.9 Å². The second-order valence-corrected chi connectivity index (χ2v) is 39.9. The minimum atomic E-state index is -5.13.